The SMILES string of the molecule is O=C1NN2Cc3ccccc3C2=Nc2ccccc21. The molecule has 0 spiro atoms. The van der Waals surface area contributed by atoms with Gasteiger partial charge in [-0.05, 0) is 17.7 Å². The van der Waals surface area contributed by atoms with Gasteiger partial charge in [0.05, 0.1) is 17.8 Å². The van der Waals surface area contributed by atoms with Gasteiger partial charge in [0.2, 0.25) is 0 Å². The van der Waals surface area contributed by atoms with E-state index >= 15 is 0 Å². The topological polar surface area (TPSA) is 44.7 Å². The van der Waals surface area contributed by atoms with Crippen LogP contribution in [0.4, 0.5) is 5.69 Å². The smallest absolute Gasteiger partial charge is 0.267 e. The number of hydrazine groups is 1. The van der Waals surface area contributed by atoms with Crippen molar-refractivity contribution in [3.05, 3.63) is 65.2 Å². The number of amides is 1. The Bertz CT molecular complexity index is 721. The predicted octanol–water partition coefficient (Wildman–Crippen LogP) is 2.24. The summed E-state index contributed by atoms with van der Waals surface area (Å²) in [6, 6.07) is 15.5. The molecule has 0 saturated heterocycles. The molecule has 2 aromatic rings. The van der Waals surface area contributed by atoms with E-state index in [4.69, 9.17) is 0 Å². The van der Waals surface area contributed by atoms with Crippen molar-refractivity contribution >= 4 is 17.4 Å². The highest BCUT2D eigenvalue weighted by Crippen LogP contribution is 2.29. The summed E-state index contributed by atoms with van der Waals surface area (Å²) < 4.78 is 0. The van der Waals surface area contributed by atoms with Crippen molar-refractivity contribution < 1.29 is 4.79 Å². The molecule has 92 valence electrons. The molecule has 0 fully saturated rings. The van der Waals surface area contributed by atoms with Crippen LogP contribution >= 0.6 is 0 Å². The molecule has 19 heavy (non-hydrogen) atoms. The number of amidine groups is 1. The first-order chi connectivity index (χ1) is 9.33. The van der Waals surface area contributed by atoms with Gasteiger partial charge in [-0.25, -0.2) is 4.99 Å². The number of aliphatic imine (C=N–C) groups is 1. The Morgan fingerprint density at radius 1 is 1.00 bits per heavy atom. The zero-order chi connectivity index (χ0) is 12.8. The third-order valence-corrected chi connectivity index (χ3v) is 3.45. The maximum absolute atomic E-state index is 12.2. The molecule has 2 aliphatic heterocycles. The summed E-state index contributed by atoms with van der Waals surface area (Å²) in [5.41, 5.74) is 6.50. The second-order valence-electron chi connectivity index (χ2n) is 4.64. The number of fused-ring (bicyclic) bond motifs is 4. The molecule has 2 heterocycles. The number of nitrogens with one attached hydrogen (secondary N) is 1. The van der Waals surface area contributed by atoms with Gasteiger partial charge in [0.25, 0.3) is 5.91 Å². The van der Waals surface area contributed by atoms with Crippen molar-refractivity contribution in [2.24, 2.45) is 4.99 Å². The zero-order valence-corrected chi connectivity index (χ0v) is 10.1. The summed E-state index contributed by atoms with van der Waals surface area (Å²) in [4.78, 5) is 16.8. The molecule has 0 bridgehead atoms. The first kappa shape index (κ1) is 10.3. The van der Waals surface area contributed by atoms with Crippen molar-refractivity contribution in [2.45, 2.75) is 6.54 Å². The minimum atomic E-state index is -0.109. The van der Waals surface area contributed by atoms with Crippen LogP contribution in [0.5, 0.6) is 0 Å². The molecule has 0 aromatic heterocycles. The lowest BCUT2D eigenvalue weighted by atomic mass is 10.1. The molecular formula is C15H11N3O. The summed E-state index contributed by atoms with van der Waals surface area (Å²) in [6.45, 7) is 0.661. The molecule has 0 radical (unpaired) electrons. The van der Waals surface area contributed by atoms with Crippen molar-refractivity contribution in [3.8, 4) is 0 Å². The van der Waals surface area contributed by atoms with E-state index in [0.717, 1.165) is 11.4 Å². The Hall–Kier alpha value is -2.62. The van der Waals surface area contributed by atoms with E-state index in [0.29, 0.717) is 17.8 Å². The monoisotopic (exact) mass is 249 g/mol. The van der Waals surface area contributed by atoms with Crippen LogP contribution < -0.4 is 5.43 Å². The van der Waals surface area contributed by atoms with E-state index in [-0.39, 0.29) is 5.91 Å². The van der Waals surface area contributed by atoms with Crippen LogP contribution in [0.15, 0.2) is 53.5 Å². The first-order valence-corrected chi connectivity index (χ1v) is 6.17. The molecule has 2 aliphatic rings. The number of rotatable bonds is 0. The molecule has 0 aliphatic carbocycles. The van der Waals surface area contributed by atoms with Gasteiger partial charge in [0.15, 0.2) is 5.84 Å². The molecule has 0 saturated carbocycles. The van der Waals surface area contributed by atoms with Crippen LogP contribution in [0.25, 0.3) is 0 Å². The van der Waals surface area contributed by atoms with E-state index < -0.39 is 0 Å². The fourth-order valence-electron chi connectivity index (χ4n) is 2.54. The quantitative estimate of drug-likeness (QED) is 0.778. The van der Waals surface area contributed by atoms with Gasteiger partial charge in [0.1, 0.15) is 0 Å². The molecule has 2 aromatic carbocycles. The van der Waals surface area contributed by atoms with E-state index in [1.807, 2.05) is 41.4 Å². The Balaban J connectivity index is 1.94. The highest BCUT2D eigenvalue weighted by Gasteiger charge is 2.29. The average Bonchev–Trinajstić information content (AvgIpc) is 2.70. The van der Waals surface area contributed by atoms with Crippen LogP contribution in [-0.4, -0.2) is 16.8 Å². The minimum Gasteiger partial charge on any atom is -0.267 e. The van der Waals surface area contributed by atoms with Crippen molar-refractivity contribution in [2.75, 3.05) is 0 Å². The van der Waals surface area contributed by atoms with Gasteiger partial charge in [-0.2, -0.15) is 0 Å². The van der Waals surface area contributed by atoms with Gasteiger partial charge >= 0.3 is 0 Å². The van der Waals surface area contributed by atoms with Crippen molar-refractivity contribution in [3.63, 3.8) is 0 Å². The van der Waals surface area contributed by atoms with E-state index in [2.05, 4.69) is 16.5 Å². The lowest BCUT2D eigenvalue weighted by Crippen LogP contribution is -2.41. The first-order valence-electron chi connectivity index (χ1n) is 6.17. The van der Waals surface area contributed by atoms with Crippen LogP contribution in [0, 0.1) is 0 Å². The molecule has 0 atom stereocenters. The third kappa shape index (κ3) is 1.46. The predicted molar refractivity (Wildman–Crippen MR) is 72.1 cm³/mol. The number of nitrogens with zero attached hydrogens (tertiary/aromatic N) is 2. The van der Waals surface area contributed by atoms with Crippen LogP contribution in [0.2, 0.25) is 0 Å². The van der Waals surface area contributed by atoms with Gasteiger partial charge in [0, 0.05) is 5.56 Å². The molecular weight excluding hydrogens is 238 g/mol. The molecule has 4 nitrogen and oxygen atoms in total. The fraction of sp³-hybridized carbons (Fsp3) is 0.0667. The standard InChI is InChI=1S/C15H11N3O/c19-15-12-7-3-4-8-13(12)16-14-11-6-2-1-5-10(11)9-18(14)17-15/h1-8H,9H2,(H,17,19). The highest BCUT2D eigenvalue weighted by atomic mass is 16.2. The van der Waals surface area contributed by atoms with Gasteiger partial charge in [-0.15, -0.1) is 0 Å². The maximum Gasteiger partial charge on any atom is 0.272 e. The second-order valence-corrected chi connectivity index (χ2v) is 4.64. The Kier molecular flexibility index (Phi) is 2.00. The molecule has 0 unspecified atom stereocenters. The minimum absolute atomic E-state index is 0.109. The zero-order valence-electron chi connectivity index (χ0n) is 10.1. The number of carbonyl (C=O) groups excluding carboxylic acids is 1. The summed E-state index contributed by atoms with van der Waals surface area (Å²) >= 11 is 0. The Labute approximate surface area is 110 Å². The van der Waals surface area contributed by atoms with E-state index in [9.17, 15) is 4.79 Å². The second kappa shape index (κ2) is 3.68. The number of hydrogen-bond donors (Lipinski definition) is 1. The molecule has 4 rings (SSSR count). The Morgan fingerprint density at radius 3 is 2.63 bits per heavy atom. The average molecular weight is 249 g/mol. The van der Waals surface area contributed by atoms with Gasteiger partial charge < -0.3 is 0 Å². The summed E-state index contributed by atoms with van der Waals surface area (Å²) in [6.07, 6.45) is 0. The number of hydrogen-bond acceptors (Lipinski definition) is 3. The number of benzene rings is 2. The fourth-order valence-corrected chi connectivity index (χ4v) is 2.54. The van der Waals surface area contributed by atoms with Crippen LogP contribution in [-0.2, 0) is 6.54 Å². The summed E-state index contributed by atoms with van der Waals surface area (Å²) in [5.74, 6) is 0.705. The molecule has 1 N–H and O–H groups in total. The van der Waals surface area contributed by atoms with Gasteiger partial charge in [-0.1, -0.05) is 36.4 Å². The van der Waals surface area contributed by atoms with Crippen molar-refractivity contribution in [1.82, 2.24) is 10.4 Å². The normalized spacial score (nSPS) is 15.9. The Morgan fingerprint density at radius 2 is 1.74 bits per heavy atom. The molecule has 4 heteroatoms. The lowest BCUT2D eigenvalue weighted by Gasteiger charge is -2.17. The summed E-state index contributed by atoms with van der Waals surface area (Å²) in [5, 5.41) is 1.81. The number of carbonyl (C=O) groups is 1. The van der Waals surface area contributed by atoms with Gasteiger partial charge in [-0.3, -0.25) is 15.2 Å². The maximum atomic E-state index is 12.2. The lowest BCUT2D eigenvalue weighted by molar-refractivity contribution is 0.0873. The largest absolute Gasteiger partial charge is 0.272 e. The van der Waals surface area contributed by atoms with E-state index in [1.54, 1.807) is 6.07 Å². The van der Waals surface area contributed by atoms with E-state index in [1.165, 1.54) is 5.56 Å². The third-order valence-electron chi connectivity index (χ3n) is 3.45. The molecule has 1 amide bonds. The van der Waals surface area contributed by atoms with Crippen LogP contribution in [0.1, 0.15) is 21.5 Å². The van der Waals surface area contributed by atoms with Crippen molar-refractivity contribution in [1.29, 1.82) is 0 Å². The van der Waals surface area contributed by atoms with Crippen LogP contribution in [0.3, 0.4) is 0 Å². The summed E-state index contributed by atoms with van der Waals surface area (Å²) in [7, 11) is 0. The number of para-hydroxylation sites is 1. The highest BCUT2D eigenvalue weighted by molar-refractivity contribution is 6.09.